The molecule has 1 heterocycles. The largest absolute Gasteiger partial charge is 0.468 e. The minimum atomic E-state index is -0.608. The molecule has 5 heteroatoms. The lowest BCUT2D eigenvalue weighted by atomic mass is 9.94. The summed E-state index contributed by atoms with van der Waals surface area (Å²) in [6.45, 7) is 11.0. The molecule has 21 heavy (non-hydrogen) atoms. The zero-order valence-corrected chi connectivity index (χ0v) is 14.2. The molecule has 1 aromatic heterocycles. The molecule has 0 aliphatic carbocycles. The summed E-state index contributed by atoms with van der Waals surface area (Å²) in [5.74, 6) is -0.189. The number of hydrogen-bond donors (Lipinski definition) is 1. The van der Waals surface area contributed by atoms with E-state index >= 15 is 0 Å². The van der Waals surface area contributed by atoms with E-state index in [1.165, 1.54) is 12.8 Å². The van der Waals surface area contributed by atoms with E-state index in [1.54, 1.807) is 0 Å². The quantitative estimate of drug-likeness (QED) is 0.591. The highest BCUT2D eigenvalue weighted by Gasteiger charge is 2.33. The van der Waals surface area contributed by atoms with Crippen LogP contribution in [0.2, 0.25) is 0 Å². The van der Waals surface area contributed by atoms with E-state index in [1.807, 2.05) is 34.0 Å². The van der Waals surface area contributed by atoms with Gasteiger partial charge in [-0.2, -0.15) is 0 Å². The number of nitrogens with one attached hydrogen (secondary N) is 1. The maximum atomic E-state index is 12.0. The Morgan fingerprint density at radius 2 is 2.10 bits per heavy atom. The first-order chi connectivity index (χ1) is 9.80. The van der Waals surface area contributed by atoms with Gasteiger partial charge in [-0.05, 0) is 53.9 Å². The molecule has 1 rings (SSSR count). The first kappa shape index (κ1) is 17.7. The van der Waals surface area contributed by atoms with Crippen LogP contribution in [0.25, 0.3) is 0 Å². The highest BCUT2D eigenvalue weighted by molar-refractivity contribution is 5.80. The van der Waals surface area contributed by atoms with Crippen molar-refractivity contribution >= 4 is 5.97 Å². The summed E-state index contributed by atoms with van der Waals surface area (Å²) in [7, 11) is 1.44. The fraction of sp³-hybridized carbons (Fsp3) is 0.750. The summed E-state index contributed by atoms with van der Waals surface area (Å²) in [5, 5.41) is 3.33. The molecule has 5 nitrogen and oxygen atoms in total. The molecule has 0 amide bonds. The molecule has 0 aliphatic rings. The SMILES string of the molecule is COC(=O)C(C)(CCCCn1cnc(C)c1C)NC(C)C. The van der Waals surface area contributed by atoms with Crippen LogP contribution in [0.5, 0.6) is 0 Å². The van der Waals surface area contributed by atoms with Crippen molar-refractivity contribution in [1.29, 1.82) is 0 Å². The molecule has 0 radical (unpaired) electrons. The summed E-state index contributed by atoms with van der Waals surface area (Å²) in [5.41, 5.74) is 1.69. The first-order valence-electron chi connectivity index (χ1n) is 7.64. The third-order valence-corrected chi connectivity index (χ3v) is 3.91. The number of methoxy groups -OCH3 is 1. The van der Waals surface area contributed by atoms with Gasteiger partial charge in [0.15, 0.2) is 0 Å². The third-order valence-electron chi connectivity index (χ3n) is 3.91. The van der Waals surface area contributed by atoms with Gasteiger partial charge >= 0.3 is 5.97 Å². The normalized spacial score (nSPS) is 14.2. The van der Waals surface area contributed by atoms with Crippen molar-refractivity contribution in [3.05, 3.63) is 17.7 Å². The predicted octanol–water partition coefficient (Wildman–Crippen LogP) is 2.60. The Bertz CT molecular complexity index is 468. The second-order valence-electron chi connectivity index (χ2n) is 6.19. The van der Waals surface area contributed by atoms with Crippen molar-refractivity contribution < 1.29 is 9.53 Å². The molecular formula is C16H29N3O2. The molecular weight excluding hydrogens is 266 g/mol. The van der Waals surface area contributed by atoms with Crippen LogP contribution >= 0.6 is 0 Å². The van der Waals surface area contributed by atoms with Gasteiger partial charge in [0.05, 0.1) is 19.1 Å². The van der Waals surface area contributed by atoms with Crippen LogP contribution in [0.15, 0.2) is 6.33 Å². The van der Waals surface area contributed by atoms with E-state index in [0.717, 1.165) is 31.5 Å². The van der Waals surface area contributed by atoms with Gasteiger partial charge in [-0.25, -0.2) is 4.98 Å². The summed E-state index contributed by atoms with van der Waals surface area (Å²) >= 11 is 0. The Morgan fingerprint density at radius 1 is 1.43 bits per heavy atom. The Balaban J connectivity index is 2.50. The smallest absolute Gasteiger partial charge is 0.325 e. The molecule has 0 saturated carbocycles. The molecule has 120 valence electrons. The number of rotatable bonds is 8. The summed E-state index contributed by atoms with van der Waals surface area (Å²) in [4.78, 5) is 16.3. The average molecular weight is 295 g/mol. The van der Waals surface area contributed by atoms with Gasteiger partial charge in [0.2, 0.25) is 0 Å². The fourth-order valence-corrected chi connectivity index (χ4v) is 2.63. The number of aryl methyl sites for hydroxylation is 2. The molecule has 1 N–H and O–H groups in total. The Morgan fingerprint density at radius 3 is 2.57 bits per heavy atom. The van der Waals surface area contributed by atoms with E-state index in [2.05, 4.69) is 21.8 Å². The minimum Gasteiger partial charge on any atom is -0.468 e. The number of carbonyl (C=O) groups excluding carboxylic acids is 1. The average Bonchev–Trinajstić information content (AvgIpc) is 2.73. The van der Waals surface area contributed by atoms with Gasteiger partial charge < -0.3 is 9.30 Å². The van der Waals surface area contributed by atoms with Gasteiger partial charge in [-0.1, -0.05) is 0 Å². The van der Waals surface area contributed by atoms with E-state index in [0.29, 0.717) is 0 Å². The third kappa shape index (κ3) is 4.84. The van der Waals surface area contributed by atoms with Gasteiger partial charge in [-0.15, -0.1) is 0 Å². The summed E-state index contributed by atoms with van der Waals surface area (Å²) in [6.07, 6.45) is 4.63. The fourth-order valence-electron chi connectivity index (χ4n) is 2.63. The number of hydrogen-bond acceptors (Lipinski definition) is 4. The topological polar surface area (TPSA) is 56.2 Å². The monoisotopic (exact) mass is 295 g/mol. The number of ether oxygens (including phenoxy) is 1. The van der Waals surface area contributed by atoms with Crippen molar-refractivity contribution in [3.63, 3.8) is 0 Å². The van der Waals surface area contributed by atoms with Crippen LogP contribution in [0, 0.1) is 13.8 Å². The second kappa shape index (κ2) is 7.59. The maximum absolute atomic E-state index is 12.0. The lowest BCUT2D eigenvalue weighted by molar-refractivity contribution is -0.148. The number of unbranched alkanes of at least 4 members (excludes halogenated alkanes) is 1. The highest BCUT2D eigenvalue weighted by atomic mass is 16.5. The van der Waals surface area contributed by atoms with Crippen molar-refractivity contribution in [3.8, 4) is 0 Å². The van der Waals surface area contributed by atoms with Crippen molar-refractivity contribution in [2.45, 2.75) is 72.0 Å². The van der Waals surface area contributed by atoms with Crippen LogP contribution in [0.3, 0.4) is 0 Å². The first-order valence-corrected chi connectivity index (χ1v) is 7.64. The molecule has 0 spiro atoms. The van der Waals surface area contributed by atoms with Gasteiger partial charge in [0.25, 0.3) is 0 Å². The number of esters is 1. The van der Waals surface area contributed by atoms with E-state index in [-0.39, 0.29) is 12.0 Å². The zero-order chi connectivity index (χ0) is 16.0. The molecule has 0 saturated heterocycles. The van der Waals surface area contributed by atoms with Crippen LogP contribution in [0.1, 0.15) is 51.4 Å². The lowest BCUT2D eigenvalue weighted by Gasteiger charge is -2.30. The molecule has 1 aromatic rings. The molecule has 1 unspecified atom stereocenters. The van der Waals surface area contributed by atoms with Crippen molar-refractivity contribution in [2.75, 3.05) is 7.11 Å². The van der Waals surface area contributed by atoms with Gasteiger partial charge in [0.1, 0.15) is 5.54 Å². The zero-order valence-electron chi connectivity index (χ0n) is 14.2. The Kier molecular flexibility index (Phi) is 6.40. The summed E-state index contributed by atoms with van der Waals surface area (Å²) < 4.78 is 7.10. The molecule has 0 fully saturated rings. The van der Waals surface area contributed by atoms with Crippen molar-refractivity contribution in [1.82, 2.24) is 14.9 Å². The van der Waals surface area contributed by atoms with E-state index in [9.17, 15) is 4.79 Å². The number of nitrogens with zero attached hydrogens (tertiary/aromatic N) is 2. The Labute approximate surface area is 128 Å². The number of carbonyl (C=O) groups is 1. The predicted molar refractivity (Wildman–Crippen MR) is 84.2 cm³/mol. The minimum absolute atomic E-state index is 0.189. The molecule has 0 aromatic carbocycles. The van der Waals surface area contributed by atoms with Crippen LogP contribution in [0.4, 0.5) is 0 Å². The lowest BCUT2D eigenvalue weighted by Crippen LogP contribution is -2.52. The number of aromatic nitrogens is 2. The standard InChI is InChI=1S/C16H29N3O2/c1-12(2)18-16(5,15(20)21-6)9-7-8-10-19-11-17-13(3)14(19)4/h11-12,18H,7-10H2,1-6H3. The van der Waals surface area contributed by atoms with Crippen LogP contribution in [-0.2, 0) is 16.1 Å². The molecule has 1 atom stereocenters. The maximum Gasteiger partial charge on any atom is 0.325 e. The van der Waals surface area contributed by atoms with E-state index in [4.69, 9.17) is 4.74 Å². The molecule has 0 aliphatic heterocycles. The van der Waals surface area contributed by atoms with E-state index < -0.39 is 5.54 Å². The van der Waals surface area contributed by atoms with Gasteiger partial charge in [0, 0.05) is 18.3 Å². The Hall–Kier alpha value is -1.36. The summed E-state index contributed by atoms with van der Waals surface area (Å²) in [6, 6.07) is 0.243. The number of imidazole rings is 1. The van der Waals surface area contributed by atoms with Crippen molar-refractivity contribution in [2.24, 2.45) is 0 Å². The van der Waals surface area contributed by atoms with Gasteiger partial charge in [-0.3, -0.25) is 10.1 Å². The van der Waals surface area contributed by atoms with Crippen LogP contribution in [-0.4, -0.2) is 34.2 Å². The van der Waals surface area contributed by atoms with Crippen LogP contribution < -0.4 is 5.32 Å². The molecule has 0 bridgehead atoms. The highest BCUT2D eigenvalue weighted by Crippen LogP contribution is 2.18. The second-order valence-corrected chi connectivity index (χ2v) is 6.19.